The van der Waals surface area contributed by atoms with Crippen LogP contribution >= 0.6 is 0 Å². The summed E-state index contributed by atoms with van der Waals surface area (Å²) in [6.07, 6.45) is 6.48. The van der Waals surface area contributed by atoms with Crippen molar-refractivity contribution in [3.8, 4) is 0 Å². The number of nitrogens with two attached hydrogens (primary N) is 1. The lowest BCUT2D eigenvalue weighted by atomic mass is 10.0. The molecule has 0 aromatic rings. The Balaban J connectivity index is 3.32. The molecule has 2 unspecified atom stereocenters. The number of rotatable bonds is 8. The molecule has 0 aliphatic carbocycles. The molecule has 2 N–H and O–H groups in total. The van der Waals surface area contributed by atoms with Gasteiger partial charge < -0.3 is 10.5 Å². The molecule has 0 fully saturated rings. The highest BCUT2D eigenvalue weighted by molar-refractivity contribution is 4.68. The topological polar surface area (TPSA) is 35.2 Å². The minimum atomic E-state index is 0.214. The van der Waals surface area contributed by atoms with E-state index in [0.29, 0.717) is 0 Å². The third kappa shape index (κ3) is 7.03. The molecular weight excluding hydrogens is 162 g/mol. The lowest BCUT2D eigenvalue weighted by Gasteiger charge is -2.19. The van der Waals surface area contributed by atoms with Crippen molar-refractivity contribution in [3.63, 3.8) is 0 Å². The highest BCUT2D eigenvalue weighted by Gasteiger charge is 2.11. The molecule has 0 saturated carbocycles. The van der Waals surface area contributed by atoms with Crippen LogP contribution in [0.3, 0.4) is 0 Å². The summed E-state index contributed by atoms with van der Waals surface area (Å²) >= 11 is 0. The van der Waals surface area contributed by atoms with Gasteiger partial charge in [-0.2, -0.15) is 0 Å². The van der Waals surface area contributed by atoms with Crippen molar-refractivity contribution in [1.82, 2.24) is 0 Å². The van der Waals surface area contributed by atoms with Crippen LogP contribution in [0.2, 0.25) is 0 Å². The maximum atomic E-state index is 5.96. The van der Waals surface area contributed by atoms with Crippen molar-refractivity contribution in [2.75, 3.05) is 6.61 Å². The Morgan fingerprint density at radius 2 is 1.85 bits per heavy atom. The number of hydrogen-bond acceptors (Lipinski definition) is 2. The van der Waals surface area contributed by atoms with Gasteiger partial charge in [0.25, 0.3) is 0 Å². The lowest BCUT2D eigenvalue weighted by Crippen LogP contribution is -2.34. The summed E-state index contributed by atoms with van der Waals surface area (Å²) in [6.45, 7) is 7.07. The minimum absolute atomic E-state index is 0.214. The highest BCUT2D eigenvalue weighted by atomic mass is 16.5. The maximum Gasteiger partial charge on any atom is 0.0697 e. The standard InChI is InChI=1S/C11H25NO/c1-4-6-7-8-9-11(12)10(3)13-5-2/h10-11H,4-9,12H2,1-3H3. The predicted molar refractivity (Wildman–Crippen MR) is 57.8 cm³/mol. The predicted octanol–water partition coefficient (Wildman–Crippen LogP) is 2.71. The van der Waals surface area contributed by atoms with Gasteiger partial charge in [0.2, 0.25) is 0 Å². The molecule has 0 radical (unpaired) electrons. The van der Waals surface area contributed by atoms with Crippen LogP contribution in [0.4, 0.5) is 0 Å². The van der Waals surface area contributed by atoms with Crippen LogP contribution in [0, 0.1) is 0 Å². The SMILES string of the molecule is CCCCCCC(N)C(C)OCC. The first-order valence-corrected chi connectivity index (χ1v) is 5.59. The Hall–Kier alpha value is -0.0800. The second-order valence-corrected chi connectivity index (χ2v) is 3.67. The number of hydrogen-bond donors (Lipinski definition) is 1. The van der Waals surface area contributed by atoms with Gasteiger partial charge >= 0.3 is 0 Å². The van der Waals surface area contributed by atoms with Crippen LogP contribution in [0.5, 0.6) is 0 Å². The summed E-state index contributed by atoms with van der Waals surface area (Å²) in [6, 6.07) is 0.219. The monoisotopic (exact) mass is 187 g/mol. The molecule has 0 heterocycles. The Bertz CT molecular complexity index is 106. The van der Waals surface area contributed by atoms with Gasteiger partial charge in [-0.3, -0.25) is 0 Å². The molecule has 0 spiro atoms. The molecule has 13 heavy (non-hydrogen) atoms. The van der Waals surface area contributed by atoms with Crippen molar-refractivity contribution in [1.29, 1.82) is 0 Å². The first-order valence-electron chi connectivity index (χ1n) is 5.59. The maximum absolute atomic E-state index is 5.96. The van der Waals surface area contributed by atoms with Gasteiger partial charge in [-0.15, -0.1) is 0 Å². The van der Waals surface area contributed by atoms with Crippen LogP contribution in [0.1, 0.15) is 52.9 Å². The van der Waals surface area contributed by atoms with E-state index in [1.807, 2.05) is 6.92 Å². The molecule has 2 heteroatoms. The van der Waals surface area contributed by atoms with Gasteiger partial charge in [-0.25, -0.2) is 0 Å². The van der Waals surface area contributed by atoms with Gasteiger partial charge in [0.15, 0.2) is 0 Å². The van der Waals surface area contributed by atoms with E-state index in [0.717, 1.165) is 13.0 Å². The second-order valence-electron chi connectivity index (χ2n) is 3.67. The molecule has 0 aromatic heterocycles. The van der Waals surface area contributed by atoms with Crippen molar-refractivity contribution >= 4 is 0 Å². The van der Waals surface area contributed by atoms with Gasteiger partial charge in [0.05, 0.1) is 6.10 Å². The van der Waals surface area contributed by atoms with Crippen molar-refractivity contribution in [3.05, 3.63) is 0 Å². The fraction of sp³-hybridized carbons (Fsp3) is 1.00. The van der Waals surface area contributed by atoms with E-state index in [9.17, 15) is 0 Å². The van der Waals surface area contributed by atoms with E-state index in [1.54, 1.807) is 0 Å². The number of ether oxygens (including phenoxy) is 1. The van der Waals surface area contributed by atoms with Crippen LogP contribution in [-0.2, 0) is 4.74 Å². The number of unbranched alkanes of at least 4 members (excludes halogenated alkanes) is 3. The second kappa shape index (κ2) is 8.52. The third-order valence-electron chi connectivity index (χ3n) is 2.42. The molecule has 0 saturated heterocycles. The minimum Gasteiger partial charge on any atom is -0.377 e. The van der Waals surface area contributed by atoms with Crippen molar-refractivity contribution < 1.29 is 4.74 Å². The fourth-order valence-electron chi connectivity index (χ4n) is 1.43. The zero-order valence-corrected chi connectivity index (χ0v) is 9.38. The molecule has 0 bridgehead atoms. The van der Waals surface area contributed by atoms with Gasteiger partial charge in [-0.1, -0.05) is 32.6 Å². The van der Waals surface area contributed by atoms with E-state index in [2.05, 4.69) is 13.8 Å². The molecule has 0 amide bonds. The van der Waals surface area contributed by atoms with E-state index < -0.39 is 0 Å². The molecule has 2 nitrogen and oxygen atoms in total. The molecule has 2 atom stereocenters. The van der Waals surface area contributed by atoms with Crippen molar-refractivity contribution in [2.45, 2.75) is 65.0 Å². The Morgan fingerprint density at radius 3 is 2.38 bits per heavy atom. The average Bonchev–Trinajstić information content (AvgIpc) is 2.12. The van der Waals surface area contributed by atoms with Crippen LogP contribution in [0.15, 0.2) is 0 Å². The first-order chi connectivity index (χ1) is 6.22. The van der Waals surface area contributed by atoms with Gasteiger partial charge in [0, 0.05) is 12.6 Å². The smallest absolute Gasteiger partial charge is 0.0697 e. The normalized spacial score (nSPS) is 15.7. The summed E-state index contributed by atoms with van der Waals surface area (Å²) in [5, 5.41) is 0. The molecule has 0 aliphatic heterocycles. The molecule has 0 rings (SSSR count). The third-order valence-corrected chi connectivity index (χ3v) is 2.42. The van der Waals surface area contributed by atoms with E-state index >= 15 is 0 Å². The summed E-state index contributed by atoms with van der Waals surface area (Å²) in [5.41, 5.74) is 5.96. The van der Waals surface area contributed by atoms with E-state index in [-0.39, 0.29) is 12.1 Å². The van der Waals surface area contributed by atoms with Crippen LogP contribution < -0.4 is 5.73 Å². The lowest BCUT2D eigenvalue weighted by molar-refractivity contribution is 0.0550. The molecule has 80 valence electrons. The Morgan fingerprint density at radius 1 is 1.15 bits per heavy atom. The molecule has 0 aromatic carbocycles. The Kier molecular flexibility index (Phi) is 8.46. The average molecular weight is 187 g/mol. The highest BCUT2D eigenvalue weighted by Crippen LogP contribution is 2.08. The Labute approximate surface area is 82.8 Å². The first kappa shape index (κ1) is 12.9. The van der Waals surface area contributed by atoms with Crippen LogP contribution in [-0.4, -0.2) is 18.8 Å². The van der Waals surface area contributed by atoms with E-state index in [4.69, 9.17) is 10.5 Å². The van der Waals surface area contributed by atoms with Gasteiger partial charge in [-0.05, 0) is 20.3 Å². The summed E-state index contributed by atoms with van der Waals surface area (Å²) in [7, 11) is 0. The summed E-state index contributed by atoms with van der Waals surface area (Å²) in [5.74, 6) is 0. The molecule has 0 aliphatic rings. The van der Waals surface area contributed by atoms with Crippen LogP contribution in [0.25, 0.3) is 0 Å². The summed E-state index contributed by atoms with van der Waals surface area (Å²) < 4.78 is 5.44. The van der Waals surface area contributed by atoms with E-state index in [1.165, 1.54) is 25.7 Å². The quantitative estimate of drug-likeness (QED) is 0.593. The summed E-state index contributed by atoms with van der Waals surface area (Å²) in [4.78, 5) is 0. The van der Waals surface area contributed by atoms with Gasteiger partial charge in [0.1, 0.15) is 0 Å². The largest absolute Gasteiger partial charge is 0.377 e. The fourth-order valence-corrected chi connectivity index (χ4v) is 1.43. The zero-order chi connectivity index (χ0) is 10.1. The van der Waals surface area contributed by atoms with Crippen molar-refractivity contribution in [2.24, 2.45) is 5.73 Å². The zero-order valence-electron chi connectivity index (χ0n) is 9.38. The molecular formula is C11H25NO.